The fourth-order valence-corrected chi connectivity index (χ4v) is 2.49. The molecule has 22 heavy (non-hydrogen) atoms. The lowest BCUT2D eigenvalue weighted by molar-refractivity contribution is 0.102. The summed E-state index contributed by atoms with van der Waals surface area (Å²) in [5.41, 5.74) is 0.0509. The third-order valence-electron chi connectivity index (χ3n) is 3.96. The van der Waals surface area contributed by atoms with Crippen molar-refractivity contribution in [1.29, 1.82) is 0 Å². The predicted octanol–water partition coefficient (Wildman–Crippen LogP) is 2.08. The number of aromatic nitrogens is 3. The molecule has 1 aliphatic carbocycles. The molecule has 1 amide bonds. The number of hydrogen-bond acceptors (Lipinski definition) is 5. The summed E-state index contributed by atoms with van der Waals surface area (Å²) in [6.07, 6.45) is 4.67. The third kappa shape index (κ3) is 2.66. The van der Waals surface area contributed by atoms with Gasteiger partial charge in [-0.05, 0) is 38.3 Å². The first-order valence-electron chi connectivity index (χ1n) is 7.44. The lowest BCUT2D eigenvalue weighted by Gasteiger charge is -2.24. The van der Waals surface area contributed by atoms with E-state index in [4.69, 9.17) is 4.42 Å². The Morgan fingerprint density at radius 2 is 2.27 bits per heavy atom. The van der Waals surface area contributed by atoms with Gasteiger partial charge >= 0.3 is 5.63 Å². The predicted molar refractivity (Wildman–Crippen MR) is 80.0 cm³/mol. The lowest BCUT2D eigenvalue weighted by atomic mass is 9.83. The molecule has 7 nitrogen and oxygen atoms in total. The van der Waals surface area contributed by atoms with Crippen LogP contribution in [0.15, 0.2) is 21.5 Å². The first-order chi connectivity index (χ1) is 10.6. The summed E-state index contributed by atoms with van der Waals surface area (Å²) >= 11 is 0. The Hall–Kier alpha value is -2.44. The average molecular weight is 302 g/mol. The summed E-state index contributed by atoms with van der Waals surface area (Å²) in [4.78, 5) is 25.8. The maximum Gasteiger partial charge on any atom is 0.349 e. The van der Waals surface area contributed by atoms with Crippen molar-refractivity contribution in [2.24, 2.45) is 0 Å². The number of nitrogens with one attached hydrogen (secondary N) is 1. The minimum Gasteiger partial charge on any atom is -0.427 e. The van der Waals surface area contributed by atoms with Crippen LogP contribution in [0.4, 0.5) is 5.82 Å². The molecular weight excluding hydrogens is 284 g/mol. The Morgan fingerprint density at radius 3 is 2.82 bits per heavy atom. The van der Waals surface area contributed by atoms with Crippen molar-refractivity contribution >= 4 is 11.7 Å². The summed E-state index contributed by atoms with van der Waals surface area (Å²) in [6, 6.07) is 1.79. The smallest absolute Gasteiger partial charge is 0.349 e. The highest BCUT2D eigenvalue weighted by molar-refractivity contribution is 6.04. The van der Waals surface area contributed by atoms with Gasteiger partial charge in [0.2, 0.25) is 0 Å². The molecule has 0 saturated heterocycles. The van der Waals surface area contributed by atoms with Crippen LogP contribution >= 0.6 is 0 Å². The zero-order valence-electron chi connectivity index (χ0n) is 12.6. The molecule has 116 valence electrons. The normalized spacial score (nSPS) is 14.6. The van der Waals surface area contributed by atoms with Crippen LogP contribution in [0.1, 0.15) is 53.8 Å². The topological polar surface area (TPSA) is 90.0 Å². The van der Waals surface area contributed by atoms with Gasteiger partial charge in [-0.15, -0.1) is 5.10 Å². The Balaban J connectivity index is 1.84. The van der Waals surface area contributed by atoms with Crippen LogP contribution in [0, 0.1) is 6.92 Å². The van der Waals surface area contributed by atoms with E-state index < -0.39 is 11.5 Å². The molecule has 0 aliphatic heterocycles. The minimum absolute atomic E-state index is 0.0223. The van der Waals surface area contributed by atoms with Crippen LogP contribution in [0.2, 0.25) is 0 Å². The molecule has 1 N–H and O–H groups in total. The van der Waals surface area contributed by atoms with Gasteiger partial charge < -0.3 is 9.73 Å². The maximum absolute atomic E-state index is 12.3. The number of anilines is 1. The van der Waals surface area contributed by atoms with E-state index in [9.17, 15) is 9.59 Å². The van der Waals surface area contributed by atoms with Crippen LogP contribution in [-0.4, -0.2) is 20.9 Å². The second-order valence-electron chi connectivity index (χ2n) is 5.49. The number of aryl methyl sites for hydroxylation is 2. The first kappa shape index (κ1) is 14.5. The second kappa shape index (κ2) is 5.75. The molecule has 0 unspecified atom stereocenters. The molecule has 0 atom stereocenters. The third-order valence-corrected chi connectivity index (χ3v) is 3.96. The van der Waals surface area contributed by atoms with Gasteiger partial charge in [0.25, 0.3) is 5.91 Å². The highest BCUT2D eigenvalue weighted by atomic mass is 16.4. The zero-order valence-corrected chi connectivity index (χ0v) is 12.6. The van der Waals surface area contributed by atoms with E-state index in [0.717, 1.165) is 19.3 Å². The van der Waals surface area contributed by atoms with Crippen molar-refractivity contribution in [3.8, 4) is 0 Å². The van der Waals surface area contributed by atoms with Crippen molar-refractivity contribution in [3.63, 3.8) is 0 Å². The van der Waals surface area contributed by atoms with Crippen molar-refractivity contribution in [2.45, 2.75) is 45.6 Å². The summed E-state index contributed by atoms with van der Waals surface area (Å²) < 4.78 is 5.32. The Bertz CT molecular complexity index is 758. The van der Waals surface area contributed by atoms with E-state index in [2.05, 4.69) is 15.5 Å². The number of carbonyl (C=O) groups is 1. The SMILES string of the molecule is CCn1ncc(NC(=O)c2c(C)cc(C3CCC3)oc2=O)n1. The van der Waals surface area contributed by atoms with Crippen molar-refractivity contribution < 1.29 is 9.21 Å². The average Bonchev–Trinajstić information content (AvgIpc) is 2.83. The molecular formula is C15H18N4O3. The lowest BCUT2D eigenvalue weighted by Crippen LogP contribution is -2.24. The molecule has 7 heteroatoms. The number of amides is 1. The molecule has 1 saturated carbocycles. The van der Waals surface area contributed by atoms with E-state index >= 15 is 0 Å². The Kier molecular flexibility index (Phi) is 3.79. The number of rotatable bonds is 4. The number of hydrogen-bond donors (Lipinski definition) is 1. The molecule has 3 rings (SSSR count). The molecule has 0 radical (unpaired) electrons. The van der Waals surface area contributed by atoms with Gasteiger partial charge in [-0.25, -0.2) is 4.79 Å². The standard InChI is InChI=1S/C15H18N4O3/c1-3-19-16-8-12(18-19)17-14(20)13-9(2)7-11(22-15(13)21)10-5-4-6-10/h7-8,10H,3-6H2,1-2H3,(H,17,18,20). The Morgan fingerprint density at radius 1 is 1.50 bits per heavy atom. The van der Waals surface area contributed by atoms with Gasteiger partial charge in [0.15, 0.2) is 5.82 Å². The Labute approximate surface area is 127 Å². The molecule has 2 aromatic heterocycles. The molecule has 0 aromatic carbocycles. The van der Waals surface area contributed by atoms with E-state index in [1.807, 2.05) is 6.92 Å². The van der Waals surface area contributed by atoms with Gasteiger partial charge in [-0.2, -0.15) is 9.90 Å². The van der Waals surface area contributed by atoms with E-state index in [1.165, 1.54) is 11.0 Å². The van der Waals surface area contributed by atoms with Crippen molar-refractivity contribution in [3.05, 3.63) is 39.6 Å². The largest absolute Gasteiger partial charge is 0.427 e. The molecule has 2 heterocycles. The summed E-state index contributed by atoms with van der Waals surface area (Å²) in [6.45, 7) is 4.24. The van der Waals surface area contributed by atoms with Gasteiger partial charge in [-0.1, -0.05) is 6.42 Å². The summed E-state index contributed by atoms with van der Waals surface area (Å²) in [7, 11) is 0. The van der Waals surface area contributed by atoms with Gasteiger partial charge in [0, 0.05) is 5.92 Å². The number of carbonyl (C=O) groups excluding carboxylic acids is 1. The second-order valence-corrected chi connectivity index (χ2v) is 5.49. The van der Waals surface area contributed by atoms with Crippen LogP contribution in [-0.2, 0) is 6.54 Å². The number of nitrogens with zero attached hydrogens (tertiary/aromatic N) is 3. The molecule has 1 aliphatic rings. The monoisotopic (exact) mass is 302 g/mol. The highest BCUT2D eigenvalue weighted by Crippen LogP contribution is 2.36. The maximum atomic E-state index is 12.3. The van der Waals surface area contributed by atoms with Gasteiger partial charge in [-0.3, -0.25) is 4.79 Å². The summed E-state index contributed by atoms with van der Waals surface area (Å²) in [5.74, 6) is 0.790. The molecule has 0 spiro atoms. The van der Waals surface area contributed by atoms with Crippen LogP contribution in [0.5, 0.6) is 0 Å². The zero-order chi connectivity index (χ0) is 15.7. The molecule has 0 bridgehead atoms. The van der Waals surface area contributed by atoms with Crippen LogP contribution in [0.3, 0.4) is 0 Å². The first-order valence-corrected chi connectivity index (χ1v) is 7.44. The van der Waals surface area contributed by atoms with E-state index in [1.54, 1.807) is 13.0 Å². The molecule has 2 aromatic rings. The summed E-state index contributed by atoms with van der Waals surface area (Å²) in [5, 5.41) is 10.6. The van der Waals surface area contributed by atoms with E-state index in [-0.39, 0.29) is 5.56 Å². The highest BCUT2D eigenvalue weighted by Gasteiger charge is 2.25. The fraction of sp³-hybridized carbons (Fsp3) is 0.467. The van der Waals surface area contributed by atoms with Crippen molar-refractivity contribution in [2.75, 3.05) is 5.32 Å². The van der Waals surface area contributed by atoms with Crippen LogP contribution in [0.25, 0.3) is 0 Å². The quantitative estimate of drug-likeness (QED) is 0.933. The minimum atomic E-state index is -0.595. The van der Waals surface area contributed by atoms with E-state index in [0.29, 0.717) is 29.6 Å². The fourth-order valence-electron chi connectivity index (χ4n) is 2.49. The van der Waals surface area contributed by atoms with Crippen LogP contribution < -0.4 is 10.9 Å². The van der Waals surface area contributed by atoms with Crippen molar-refractivity contribution in [1.82, 2.24) is 15.0 Å². The van der Waals surface area contributed by atoms with Gasteiger partial charge in [0.1, 0.15) is 11.3 Å². The molecule has 1 fully saturated rings. The van der Waals surface area contributed by atoms with Gasteiger partial charge in [0.05, 0.1) is 12.7 Å².